The molecular weight excluding hydrogens is 442 g/mol. The first-order valence-electron chi connectivity index (χ1n) is 12.9. The molecule has 2 aromatic rings. The fourth-order valence-electron chi connectivity index (χ4n) is 3.84. The molecule has 4 heteroatoms. The lowest BCUT2D eigenvalue weighted by molar-refractivity contribution is 0.162. The Labute approximate surface area is 218 Å². The summed E-state index contributed by atoms with van der Waals surface area (Å²) in [7, 11) is 0. The second-order valence-electron chi connectivity index (χ2n) is 8.57. The Balaban J connectivity index is 1.87. The van der Waals surface area contributed by atoms with Gasteiger partial charge in [-0.2, -0.15) is 5.26 Å². The highest BCUT2D eigenvalue weighted by Crippen LogP contribution is 2.19. The van der Waals surface area contributed by atoms with Crippen molar-refractivity contribution in [3.63, 3.8) is 0 Å². The van der Waals surface area contributed by atoms with Gasteiger partial charge < -0.3 is 14.5 Å². The van der Waals surface area contributed by atoms with Crippen LogP contribution in [0.15, 0.2) is 84.0 Å². The van der Waals surface area contributed by atoms with E-state index in [9.17, 15) is 0 Å². The Bertz CT molecular complexity index is 1070. The molecule has 0 spiro atoms. The zero-order valence-corrected chi connectivity index (χ0v) is 22.6. The number of ether oxygens (including phenoxy) is 1. The Morgan fingerprint density at radius 1 is 0.833 bits per heavy atom. The fourth-order valence-corrected chi connectivity index (χ4v) is 3.84. The predicted molar refractivity (Wildman–Crippen MR) is 156 cm³/mol. The number of likely N-dealkylation sites (N-methyl/N-ethyl adjacent to an activating group) is 1. The first-order chi connectivity index (χ1) is 17.5. The van der Waals surface area contributed by atoms with Crippen molar-refractivity contribution in [3.8, 4) is 6.07 Å². The van der Waals surface area contributed by atoms with E-state index >= 15 is 0 Å². The Hall–Kier alpha value is -3.55. The van der Waals surface area contributed by atoms with E-state index in [0.29, 0.717) is 18.8 Å². The van der Waals surface area contributed by atoms with Gasteiger partial charge in [-0.15, -0.1) is 0 Å². The monoisotopic (exact) mass is 483 g/mol. The average Bonchev–Trinajstić information content (AvgIpc) is 2.91. The van der Waals surface area contributed by atoms with Crippen molar-refractivity contribution < 1.29 is 4.74 Å². The number of nitrogens with zero attached hydrogens (tertiary/aromatic N) is 3. The third-order valence-electron chi connectivity index (χ3n) is 5.99. The van der Waals surface area contributed by atoms with Crippen LogP contribution in [0.1, 0.15) is 45.7 Å². The van der Waals surface area contributed by atoms with E-state index in [0.717, 1.165) is 31.8 Å². The van der Waals surface area contributed by atoms with Gasteiger partial charge in [-0.25, -0.2) is 0 Å². The molecule has 0 aliphatic heterocycles. The maximum Gasteiger partial charge on any atom is 0.0991 e. The summed E-state index contributed by atoms with van der Waals surface area (Å²) in [6.07, 6.45) is 11.8. The number of hydrogen-bond acceptors (Lipinski definition) is 4. The molecular formula is C32H41N3O. The molecule has 0 fully saturated rings. The number of rotatable bonds is 14. The summed E-state index contributed by atoms with van der Waals surface area (Å²) in [5.74, 6) is 0. The van der Waals surface area contributed by atoms with Gasteiger partial charge in [-0.05, 0) is 87.7 Å². The van der Waals surface area contributed by atoms with Crippen molar-refractivity contribution >= 4 is 23.5 Å². The Kier molecular flexibility index (Phi) is 12.9. The van der Waals surface area contributed by atoms with Crippen LogP contribution in [0.2, 0.25) is 0 Å². The van der Waals surface area contributed by atoms with Crippen molar-refractivity contribution in [3.05, 3.63) is 95.1 Å². The van der Waals surface area contributed by atoms with Gasteiger partial charge in [0.05, 0.1) is 24.9 Å². The first-order valence-corrected chi connectivity index (χ1v) is 12.9. The van der Waals surface area contributed by atoms with Crippen LogP contribution in [-0.4, -0.2) is 39.4 Å². The Morgan fingerprint density at radius 2 is 1.36 bits per heavy atom. The molecule has 0 saturated carbocycles. The lowest BCUT2D eigenvalue weighted by atomic mass is 10.1. The minimum absolute atomic E-state index is 0.558. The number of allylic oxidation sites excluding steroid dienone is 5. The van der Waals surface area contributed by atoms with Crippen LogP contribution in [-0.2, 0) is 4.74 Å². The van der Waals surface area contributed by atoms with Crippen LogP contribution in [0.4, 0.5) is 11.4 Å². The van der Waals surface area contributed by atoms with Crippen LogP contribution in [0, 0.1) is 11.3 Å². The SMILES string of the molecule is C\C=C/C(C#N)=C\C=C(/C)COCCN(CC)c1ccc(/C=C/c2ccc(N(CC)CC)cc2)cc1. The maximum absolute atomic E-state index is 9.08. The van der Waals surface area contributed by atoms with Gasteiger partial charge in [0.1, 0.15) is 0 Å². The van der Waals surface area contributed by atoms with Crippen LogP contribution >= 0.6 is 0 Å². The molecule has 0 bridgehead atoms. The van der Waals surface area contributed by atoms with E-state index in [1.807, 2.05) is 32.1 Å². The minimum atomic E-state index is 0.558. The predicted octanol–water partition coefficient (Wildman–Crippen LogP) is 7.52. The summed E-state index contributed by atoms with van der Waals surface area (Å²) < 4.78 is 5.87. The standard InChI is InChI=1S/C32H41N3O/c1-6-10-30(25-33)12-11-27(5)26-36-24-23-35(9-4)32-21-17-29(18-22-32)14-13-28-15-19-31(20-16-28)34(7-2)8-3/h6,10-22H,7-9,23-24,26H2,1-5H3/b10-6-,14-13+,27-11+,30-12+. The molecule has 0 aliphatic rings. The molecule has 2 rings (SSSR count). The summed E-state index contributed by atoms with van der Waals surface area (Å²) in [5.41, 5.74) is 6.58. The zero-order valence-electron chi connectivity index (χ0n) is 22.6. The lowest BCUT2D eigenvalue weighted by Gasteiger charge is -2.23. The highest BCUT2D eigenvalue weighted by molar-refractivity contribution is 5.71. The van der Waals surface area contributed by atoms with Gasteiger partial charge in [-0.1, -0.05) is 48.6 Å². The molecule has 0 aliphatic carbocycles. The molecule has 0 saturated heterocycles. The van der Waals surface area contributed by atoms with E-state index in [2.05, 4.69) is 97.3 Å². The van der Waals surface area contributed by atoms with E-state index in [1.54, 1.807) is 6.08 Å². The van der Waals surface area contributed by atoms with Crippen molar-refractivity contribution in [1.82, 2.24) is 0 Å². The van der Waals surface area contributed by atoms with Crippen molar-refractivity contribution in [2.45, 2.75) is 34.6 Å². The molecule has 4 nitrogen and oxygen atoms in total. The summed E-state index contributed by atoms with van der Waals surface area (Å²) in [6.45, 7) is 15.5. The minimum Gasteiger partial charge on any atom is -0.375 e. The number of hydrogen-bond donors (Lipinski definition) is 0. The molecule has 2 aromatic carbocycles. The van der Waals surface area contributed by atoms with Gasteiger partial charge in [0.2, 0.25) is 0 Å². The quantitative estimate of drug-likeness (QED) is 0.121. The molecule has 0 unspecified atom stereocenters. The zero-order chi connectivity index (χ0) is 26.2. The van der Waals surface area contributed by atoms with Gasteiger partial charge in [0.15, 0.2) is 0 Å². The molecule has 0 aromatic heterocycles. The summed E-state index contributed by atoms with van der Waals surface area (Å²) in [4.78, 5) is 4.67. The highest BCUT2D eigenvalue weighted by Gasteiger charge is 2.04. The molecule has 0 N–H and O–H groups in total. The second-order valence-corrected chi connectivity index (χ2v) is 8.57. The summed E-state index contributed by atoms with van der Waals surface area (Å²) in [5, 5.41) is 9.08. The van der Waals surface area contributed by atoms with Crippen LogP contribution in [0.5, 0.6) is 0 Å². The lowest BCUT2D eigenvalue weighted by Crippen LogP contribution is -2.27. The molecule has 0 radical (unpaired) electrons. The highest BCUT2D eigenvalue weighted by atomic mass is 16.5. The molecule has 36 heavy (non-hydrogen) atoms. The topological polar surface area (TPSA) is 39.5 Å². The van der Waals surface area contributed by atoms with Gasteiger partial charge >= 0.3 is 0 Å². The fraction of sp³-hybridized carbons (Fsp3) is 0.344. The molecule has 190 valence electrons. The van der Waals surface area contributed by atoms with E-state index in [4.69, 9.17) is 10.00 Å². The van der Waals surface area contributed by atoms with Gasteiger partial charge in [0.25, 0.3) is 0 Å². The molecule has 0 heterocycles. The second kappa shape index (κ2) is 16.2. The number of benzene rings is 2. The number of anilines is 2. The third kappa shape index (κ3) is 9.60. The normalized spacial score (nSPS) is 12.3. The first kappa shape index (κ1) is 28.7. The van der Waals surface area contributed by atoms with Crippen molar-refractivity contribution in [1.29, 1.82) is 5.26 Å². The third-order valence-corrected chi connectivity index (χ3v) is 5.99. The Morgan fingerprint density at radius 3 is 1.83 bits per heavy atom. The van der Waals surface area contributed by atoms with Crippen LogP contribution < -0.4 is 9.80 Å². The summed E-state index contributed by atoms with van der Waals surface area (Å²) in [6, 6.07) is 19.6. The van der Waals surface area contributed by atoms with Crippen molar-refractivity contribution in [2.75, 3.05) is 49.2 Å². The van der Waals surface area contributed by atoms with Crippen molar-refractivity contribution in [2.24, 2.45) is 0 Å². The van der Waals surface area contributed by atoms with E-state index in [1.165, 1.54) is 22.5 Å². The van der Waals surface area contributed by atoms with E-state index in [-0.39, 0.29) is 0 Å². The maximum atomic E-state index is 9.08. The van der Waals surface area contributed by atoms with E-state index < -0.39 is 0 Å². The molecule has 0 atom stereocenters. The van der Waals surface area contributed by atoms with Crippen LogP contribution in [0.3, 0.4) is 0 Å². The van der Waals surface area contributed by atoms with Gasteiger partial charge in [0, 0.05) is 37.6 Å². The average molecular weight is 484 g/mol. The summed E-state index contributed by atoms with van der Waals surface area (Å²) >= 11 is 0. The van der Waals surface area contributed by atoms with Crippen LogP contribution in [0.25, 0.3) is 12.2 Å². The molecule has 0 amide bonds. The number of nitriles is 1. The largest absolute Gasteiger partial charge is 0.375 e. The smallest absolute Gasteiger partial charge is 0.0991 e. The van der Waals surface area contributed by atoms with Gasteiger partial charge in [-0.3, -0.25) is 0 Å².